The second kappa shape index (κ2) is 6.21. The molecule has 18 heavy (non-hydrogen) atoms. The van der Waals surface area contributed by atoms with Crippen LogP contribution in [0.2, 0.25) is 5.02 Å². The Morgan fingerprint density at radius 3 is 2.39 bits per heavy atom. The third-order valence-corrected chi connectivity index (χ3v) is 3.10. The standard InChI is InChI=1S/C14H20ClNO2/c1-4-18-13(17)9-12(14(2,3)16)10-5-7-11(15)8-6-10/h5-8,12H,4,9,16H2,1-3H3. The van der Waals surface area contributed by atoms with Crippen molar-refractivity contribution < 1.29 is 9.53 Å². The van der Waals surface area contributed by atoms with Crippen LogP contribution >= 0.6 is 11.6 Å². The molecule has 4 heteroatoms. The van der Waals surface area contributed by atoms with Gasteiger partial charge in [0.15, 0.2) is 0 Å². The summed E-state index contributed by atoms with van der Waals surface area (Å²) in [7, 11) is 0. The molecule has 1 aromatic carbocycles. The first kappa shape index (κ1) is 15.0. The van der Waals surface area contributed by atoms with Crippen molar-refractivity contribution in [2.24, 2.45) is 5.73 Å². The summed E-state index contributed by atoms with van der Waals surface area (Å²) in [5, 5.41) is 0.670. The molecule has 0 amide bonds. The van der Waals surface area contributed by atoms with Gasteiger partial charge >= 0.3 is 5.97 Å². The molecule has 0 aliphatic carbocycles. The third-order valence-electron chi connectivity index (χ3n) is 2.85. The Morgan fingerprint density at radius 2 is 1.94 bits per heavy atom. The number of carbonyl (C=O) groups is 1. The number of carbonyl (C=O) groups excluding carboxylic acids is 1. The molecule has 2 N–H and O–H groups in total. The molecule has 3 nitrogen and oxygen atoms in total. The molecule has 0 saturated carbocycles. The van der Waals surface area contributed by atoms with Crippen LogP contribution in [0.5, 0.6) is 0 Å². The minimum absolute atomic E-state index is 0.0891. The lowest BCUT2D eigenvalue weighted by Gasteiger charge is -2.30. The van der Waals surface area contributed by atoms with Gasteiger partial charge in [-0.3, -0.25) is 4.79 Å². The van der Waals surface area contributed by atoms with Crippen LogP contribution < -0.4 is 5.73 Å². The summed E-state index contributed by atoms with van der Waals surface area (Å²) in [4.78, 5) is 11.6. The zero-order valence-electron chi connectivity index (χ0n) is 11.1. The Balaban J connectivity index is 2.92. The fourth-order valence-corrected chi connectivity index (χ4v) is 2.02. The number of halogens is 1. The van der Waals surface area contributed by atoms with Crippen LogP contribution in [0.4, 0.5) is 0 Å². The highest BCUT2D eigenvalue weighted by atomic mass is 35.5. The van der Waals surface area contributed by atoms with Crippen molar-refractivity contribution in [3.8, 4) is 0 Å². The molecule has 0 radical (unpaired) electrons. The van der Waals surface area contributed by atoms with Crippen molar-refractivity contribution in [3.05, 3.63) is 34.9 Å². The molecular formula is C14H20ClNO2. The predicted molar refractivity (Wildman–Crippen MR) is 73.7 cm³/mol. The summed E-state index contributed by atoms with van der Waals surface area (Å²) in [5.41, 5.74) is 6.65. The summed E-state index contributed by atoms with van der Waals surface area (Å²) in [6.07, 6.45) is 0.277. The van der Waals surface area contributed by atoms with Crippen molar-refractivity contribution in [1.82, 2.24) is 0 Å². The van der Waals surface area contributed by atoms with E-state index >= 15 is 0 Å². The summed E-state index contributed by atoms with van der Waals surface area (Å²) in [6, 6.07) is 7.42. The van der Waals surface area contributed by atoms with Crippen LogP contribution in [-0.2, 0) is 9.53 Å². The largest absolute Gasteiger partial charge is 0.466 e. The van der Waals surface area contributed by atoms with Crippen molar-refractivity contribution in [3.63, 3.8) is 0 Å². The van der Waals surface area contributed by atoms with E-state index in [0.29, 0.717) is 11.6 Å². The number of hydrogen-bond acceptors (Lipinski definition) is 3. The molecule has 0 bridgehead atoms. The number of ether oxygens (including phenoxy) is 1. The molecule has 0 aromatic heterocycles. The molecule has 1 atom stereocenters. The average Bonchev–Trinajstić information content (AvgIpc) is 2.26. The fraction of sp³-hybridized carbons (Fsp3) is 0.500. The number of benzene rings is 1. The van der Waals surface area contributed by atoms with E-state index < -0.39 is 5.54 Å². The monoisotopic (exact) mass is 269 g/mol. The second-order valence-electron chi connectivity index (χ2n) is 4.93. The van der Waals surface area contributed by atoms with Crippen LogP contribution in [0.1, 0.15) is 38.7 Å². The maximum absolute atomic E-state index is 11.6. The van der Waals surface area contributed by atoms with Gasteiger partial charge in [0.2, 0.25) is 0 Å². The van der Waals surface area contributed by atoms with Crippen LogP contribution in [0.3, 0.4) is 0 Å². The summed E-state index contributed by atoms with van der Waals surface area (Å²) >= 11 is 5.86. The van der Waals surface area contributed by atoms with Crippen LogP contribution in [0.25, 0.3) is 0 Å². The smallest absolute Gasteiger partial charge is 0.306 e. The third kappa shape index (κ3) is 4.31. The second-order valence-corrected chi connectivity index (χ2v) is 5.37. The first-order valence-corrected chi connectivity index (χ1v) is 6.42. The van der Waals surface area contributed by atoms with Crippen LogP contribution in [0.15, 0.2) is 24.3 Å². The Labute approximate surface area is 113 Å². The van der Waals surface area contributed by atoms with E-state index in [2.05, 4.69) is 0 Å². The highest BCUT2D eigenvalue weighted by Gasteiger charge is 2.29. The number of rotatable bonds is 5. The minimum Gasteiger partial charge on any atom is -0.466 e. The summed E-state index contributed by atoms with van der Waals surface area (Å²) in [5.74, 6) is -0.315. The van der Waals surface area contributed by atoms with Gasteiger partial charge in [-0.05, 0) is 38.5 Å². The van der Waals surface area contributed by atoms with Gasteiger partial charge in [0.25, 0.3) is 0 Å². The summed E-state index contributed by atoms with van der Waals surface area (Å²) in [6.45, 7) is 6.00. The average molecular weight is 270 g/mol. The summed E-state index contributed by atoms with van der Waals surface area (Å²) < 4.78 is 4.99. The van der Waals surface area contributed by atoms with E-state index in [-0.39, 0.29) is 18.3 Å². The molecule has 0 spiro atoms. The maximum Gasteiger partial charge on any atom is 0.306 e. The molecular weight excluding hydrogens is 250 g/mol. The molecule has 1 aromatic rings. The highest BCUT2D eigenvalue weighted by molar-refractivity contribution is 6.30. The minimum atomic E-state index is -0.499. The van der Waals surface area contributed by atoms with Gasteiger partial charge in [0.1, 0.15) is 0 Å². The Kier molecular flexibility index (Phi) is 5.17. The first-order chi connectivity index (χ1) is 8.34. The van der Waals surface area contributed by atoms with Crippen molar-refractivity contribution in [2.75, 3.05) is 6.61 Å². The Bertz CT molecular complexity index is 395. The molecule has 0 fully saturated rings. The Hall–Kier alpha value is -1.06. The lowest BCUT2D eigenvalue weighted by Crippen LogP contribution is -2.40. The topological polar surface area (TPSA) is 52.3 Å². The normalized spacial score (nSPS) is 13.2. The molecule has 0 saturated heterocycles. The van der Waals surface area contributed by atoms with Crippen LogP contribution in [-0.4, -0.2) is 18.1 Å². The quantitative estimate of drug-likeness (QED) is 0.836. The van der Waals surface area contributed by atoms with Crippen molar-refractivity contribution in [2.45, 2.75) is 38.6 Å². The van der Waals surface area contributed by atoms with Gasteiger partial charge < -0.3 is 10.5 Å². The van der Waals surface area contributed by atoms with Gasteiger partial charge in [-0.1, -0.05) is 23.7 Å². The van der Waals surface area contributed by atoms with Crippen molar-refractivity contribution >= 4 is 17.6 Å². The lowest BCUT2D eigenvalue weighted by molar-refractivity contribution is -0.143. The van der Waals surface area contributed by atoms with Gasteiger partial charge in [-0.25, -0.2) is 0 Å². The zero-order valence-corrected chi connectivity index (χ0v) is 11.8. The van der Waals surface area contributed by atoms with E-state index in [9.17, 15) is 4.79 Å². The molecule has 0 aliphatic rings. The molecule has 1 rings (SSSR count). The van der Waals surface area contributed by atoms with Crippen LogP contribution in [0, 0.1) is 0 Å². The van der Waals surface area contributed by atoms with Gasteiger partial charge in [0.05, 0.1) is 13.0 Å². The first-order valence-electron chi connectivity index (χ1n) is 6.04. The lowest BCUT2D eigenvalue weighted by atomic mass is 9.80. The van der Waals surface area contributed by atoms with Gasteiger partial charge in [-0.15, -0.1) is 0 Å². The number of nitrogens with two attached hydrogens (primary N) is 1. The Morgan fingerprint density at radius 1 is 1.39 bits per heavy atom. The number of esters is 1. The van der Waals surface area contributed by atoms with Gasteiger partial charge in [0, 0.05) is 16.5 Å². The van der Waals surface area contributed by atoms with E-state index in [4.69, 9.17) is 22.1 Å². The molecule has 1 unspecified atom stereocenters. The fourth-order valence-electron chi connectivity index (χ4n) is 1.89. The highest BCUT2D eigenvalue weighted by Crippen LogP contribution is 2.30. The van der Waals surface area contributed by atoms with Gasteiger partial charge in [-0.2, -0.15) is 0 Å². The zero-order chi connectivity index (χ0) is 13.8. The SMILES string of the molecule is CCOC(=O)CC(c1ccc(Cl)cc1)C(C)(C)N. The van der Waals surface area contributed by atoms with E-state index in [1.807, 2.05) is 26.0 Å². The molecule has 100 valence electrons. The van der Waals surface area contributed by atoms with E-state index in [1.54, 1.807) is 19.1 Å². The van der Waals surface area contributed by atoms with Crippen molar-refractivity contribution in [1.29, 1.82) is 0 Å². The molecule has 0 aliphatic heterocycles. The maximum atomic E-state index is 11.6. The van der Waals surface area contributed by atoms with E-state index in [0.717, 1.165) is 5.56 Å². The number of hydrogen-bond donors (Lipinski definition) is 1. The van der Waals surface area contributed by atoms with E-state index in [1.165, 1.54) is 0 Å². The predicted octanol–water partition coefficient (Wildman–Crippen LogP) is 3.11. The molecule has 0 heterocycles.